The molecule has 0 spiro atoms. The van der Waals surface area contributed by atoms with E-state index in [1.54, 1.807) is 12.3 Å². The monoisotopic (exact) mass is 400 g/mol. The van der Waals surface area contributed by atoms with E-state index in [2.05, 4.69) is 32.6 Å². The molecule has 0 radical (unpaired) electrons. The first-order valence-electron chi connectivity index (χ1n) is 4.36. The third kappa shape index (κ3) is 3.13. The van der Waals surface area contributed by atoms with Crippen molar-refractivity contribution in [3.05, 3.63) is 43.3 Å². The Morgan fingerprint density at radius 1 is 1.06 bits per heavy atom. The summed E-state index contributed by atoms with van der Waals surface area (Å²) in [5.74, 6) is 0.818. The zero-order valence-corrected chi connectivity index (χ0v) is 12.5. The fourth-order valence-electron chi connectivity index (χ4n) is 1.06. The molecule has 0 bridgehead atoms. The Morgan fingerprint density at radius 3 is 2.47 bits per heavy atom. The molecule has 0 aliphatic rings. The molecule has 0 aliphatic carbocycles. The van der Waals surface area contributed by atoms with Crippen LogP contribution in [0.4, 0.5) is 0 Å². The normalized spacial score (nSPS) is 10.4. The average Bonchev–Trinajstić information content (AvgIpc) is 2.29. The van der Waals surface area contributed by atoms with Crippen molar-refractivity contribution >= 4 is 57.4 Å². The lowest BCUT2D eigenvalue weighted by Crippen LogP contribution is -1.92. The van der Waals surface area contributed by atoms with Crippen LogP contribution in [0.25, 0.3) is 0 Å². The van der Waals surface area contributed by atoms with Gasteiger partial charge < -0.3 is 4.74 Å². The van der Waals surface area contributed by atoms with Gasteiger partial charge in [-0.3, -0.25) is 0 Å². The lowest BCUT2D eigenvalue weighted by atomic mass is 10.3. The molecule has 1 aromatic carbocycles. The lowest BCUT2D eigenvalue weighted by molar-refractivity contribution is 0.458. The highest BCUT2D eigenvalue weighted by Gasteiger charge is 2.10. The standard InChI is InChI=1S/C10H4Cl3IN2O/c11-5-1-7(13)9(2-6(5)12)17-10-8(14)3-15-4-16-10/h1-4H. The smallest absolute Gasteiger partial charge is 0.235 e. The summed E-state index contributed by atoms with van der Waals surface area (Å²) in [6, 6.07) is 3.07. The first kappa shape index (κ1) is 13.1. The van der Waals surface area contributed by atoms with Gasteiger partial charge in [0.15, 0.2) is 0 Å². The molecule has 0 atom stereocenters. The van der Waals surface area contributed by atoms with Gasteiger partial charge in [-0.25, -0.2) is 9.97 Å². The average molecular weight is 401 g/mol. The second-order valence-corrected chi connectivity index (χ2v) is 5.36. The van der Waals surface area contributed by atoms with Crippen molar-refractivity contribution in [2.75, 3.05) is 0 Å². The van der Waals surface area contributed by atoms with Crippen LogP contribution in [0, 0.1) is 3.57 Å². The highest BCUT2D eigenvalue weighted by Crippen LogP contribution is 2.36. The first-order chi connectivity index (χ1) is 8.08. The Hall–Kier alpha value is -0.300. The third-order valence-electron chi connectivity index (χ3n) is 1.82. The van der Waals surface area contributed by atoms with E-state index in [0.29, 0.717) is 26.7 Å². The second-order valence-electron chi connectivity index (χ2n) is 2.97. The van der Waals surface area contributed by atoms with Crippen LogP contribution in [0.2, 0.25) is 15.1 Å². The number of rotatable bonds is 2. The van der Waals surface area contributed by atoms with E-state index in [1.807, 2.05) is 0 Å². The van der Waals surface area contributed by atoms with Crippen molar-refractivity contribution in [1.82, 2.24) is 9.97 Å². The number of benzene rings is 1. The molecule has 0 fully saturated rings. The zero-order valence-electron chi connectivity index (χ0n) is 8.12. The van der Waals surface area contributed by atoms with Crippen molar-refractivity contribution in [3.8, 4) is 11.6 Å². The maximum atomic E-state index is 5.99. The van der Waals surface area contributed by atoms with E-state index in [4.69, 9.17) is 39.5 Å². The van der Waals surface area contributed by atoms with E-state index < -0.39 is 0 Å². The number of nitrogens with zero attached hydrogens (tertiary/aromatic N) is 2. The van der Waals surface area contributed by atoms with Crippen LogP contribution < -0.4 is 4.74 Å². The van der Waals surface area contributed by atoms with Gasteiger partial charge in [-0.05, 0) is 28.7 Å². The van der Waals surface area contributed by atoms with Crippen molar-refractivity contribution in [1.29, 1.82) is 0 Å². The number of ether oxygens (including phenoxy) is 1. The number of hydrogen-bond donors (Lipinski definition) is 0. The number of halogens is 4. The summed E-state index contributed by atoms with van der Waals surface area (Å²) >= 11 is 19.8. The zero-order chi connectivity index (χ0) is 12.4. The minimum Gasteiger partial charge on any atom is -0.436 e. The van der Waals surface area contributed by atoms with Crippen LogP contribution in [0.3, 0.4) is 0 Å². The molecule has 88 valence electrons. The highest BCUT2D eigenvalue weighted by molar-refractivity contribution is 14.1. The molecule has 1 aromatic heterocycles. The van der Waals surface area contributed by atoms with Crippen LogP contribution in [-0.2, 0) is 0 Å². The number of hydrogen-bond acceptors (Lipinski definition) is 3. The molecule has 1 heterocycles. The summed E-state index contributed by atoms with van der Waals surface area (Å²) in [4.78, 5) is 7.85. The molecule has 0 aliphatic heterocycles. The SMILES string of the molecule is Clc1cc(Cl)c(Oc2ncncc2I)cc1Cl. The molecule has 3 nitrogen and oxygen atoms in total. The maximum Gasteiger partial charge on any atom is 0.235 e. The van der Waals surface area contributed by atoms with Crippen molar-refractivity contribution < 1.29 is 4.74 Å². The maximum absolute atomic E-state index is 5.99. The molecule has 0 saturated carbocycles. The summed E-state index contributed by atoms with van der Waals surface area (Å²) in [5.41, 5.74) is 0. The molecule has 2 aromatic rings. The van der Waals surface area contributed by atoms with Crippen LogP contribution >= 0.6 is 57.4 Å². The van der Waals surface area contributed by atoms with Gasteiger partial charge in [0.2, 0.25) is 5.88 Å². The molecule has 0 amide bonds. The summed E-state index contributed by atoms with van der Waals surface area (Å²) in [6.07, 6.45) is 3.03. The lowest BCUT2D eigenvalue weighted by Gasteiger charge is -2.08. The van der Waals surface area contributed by atoms with E-state index in [0.717, 1.165) is 3.57 Å². The largest absolute Gasteiger partial charge is 0.436 e. The second kappa shape index (κ2) is 5.56. The quantitative estimate of drug-likeness (QED) is 0.534. The van der Waals surface area contributed by atoms with Crippen molar-refractivity contribution in [2.45, 2.75) is 0 Å². The third-order valence-corrected chi connectivity index (χ3v) is 3.57. The Labute approximate surface area is 126 Å². The van der Waals surface area contributed by atoms with E-state index in [9.17, 15) is 0 Å². The predicted molar refractivity (Wildman–Crippen MR) is 76.3 cm³/mol. The van der Waals surface area contributed by atoms with Gasteiger partial charge in [-0.15, -0.1) is 0 Å². The van der Waals surface area contributed by atoms with Gasteiger partial charge in [0.1, 0.15) is 12.1 Å². The highest BCUT2D eigenvalue weighted by atomic mass is 127. The first-order valence-corrected chi connectivity index (χ1v) is 6.57. The molecule has 0 N–H and O–H groups in total. The van der Waals surface area contributed by atoms with Gasteiger partial charge in [-0.2, -0.15) is 0 Å². The van der Waals surface area contributed by atoms with Crippen LogP contribution in [0.15, 0.2) is 24.7 Å². The van der Waals surface area contributed by atoms with Crippen LogP contribution in [0.1, 0.15) is 0 Å². The summed E-state index contributed by atoms with van der Waals surface area (Å²) < 4.78 is 6.31. The van der Waals surface area contributed by atoms with Gasteiger partial charge in [0.25, 0.3) is 0 Å². The molecule has 0 saturated heterocycles. The molecule has 0 unspecified atom stereocenters. The molecular weight excluding hydrogens is 397 g/mol. The Morgan fingerprint density at radius 2 is 1.76 bits per heavy atom. The summed E-state index contributed by atoms with van der Waals surface area (Å²) in [5, 5.41) is 1.12. The predicted octanol–water partition coefficient (Wildman–Crippen LogP) is 4.83. The van der Waals surface area contributed by atoms with Gasteiger partial charge in [0.05, 0.1) is 18.6 Å². The van der Waals surface area contributed by atoms with E-state index in [1.165, 1.54) is 12.4 Å². The van der Waals surface area contributed by atoms with Crippen molar-refractivity contribution in [2.24, 2.45) is 0 Å². The fraction of sp³-hybridized carbons (Fsp3) is 0. The fourth-order valence-corrected chi connectivity index (χ4v) is 2.05. The van der Waals surface area contributed by atoms with Gasteiger partial charge in [-0.1, -0.05) is 34.8 Å². The minimum absolute atomic E-state index is 0.369. The Kier molecular flexibility index (Phi) is 4.30. The Balaban J connectivity index is 2.37. The minimum atomic E-state index is 0.369. The molecule has 2 rings (SSSR count). The van der Waals surface area contributed by atoms with Gasteiger partial charge in [0, 0.05) is 12.3 Å². The topological polar surface area (TPSA) is 35.0 Å². The molecule has 7 heteroatoms. The van der Waals surface area contributed by atoms with Crippen LogP contribution in [-0.4, -0.2) is 9.97 Å². The Bertz CT molecular complexity index is 565. The summed E-state index contributed by atoms with van der Waals surface area (Å²) in [7, 11) is 0. The van der Waals surface area contributed by atoms with E-state index in [-0.39, 0.29) is 0 Å². The van der Waals surface area contributed by atoms with Crippen LogP contribution in [0.5, 0.6) is 11.6 Å². The molecule has 17 heavy (non-hydrogen) atoms. The molecular formula is C10H4Cl3IN2O. The van der Waals surface area contributed by atoms with Gasteiger partial charge >= 0.3 is 0 Å². The van der Waals surface area contributed by atoms with Crippen molar-refractivity contribution in [3.63, 3.8) is 0 Å². The van der Waals surface area contributed by atoms with E-state index >= 15 is 0 Å². The summed E-state index contributed by atoms with van der Waals surface area (Å²) in [6.45, 7) is 0. The number of aromatic nitrogens is 2.